The minimum atomic E-state index is 0.288. The molecular formula is C17H17NO. The predicted octanol–water partition coefficient (Wildman–Crippen LogP) is 3.82. The van der Waals surface area contributed by atoms with Crippen molar-refractivity contribution in [1.29, 1.82) is 0 Å². The zero-order valence-corrected chi connectivity index (χ0v) is 10.9. The summed E-state index contributed by atoms with van der Waals surface area (Å²) in [4.78, 5) is 11.8. The van der Waals surface area contributed by atoms with Crippen molar-refractivity contribution in [3.63, 3.8) is 0 Å². The van der Waals surface area contributed by atoms with Gasteiger partial charge in [-0.3, -0.25) is 4.79 Å². The Labute approximate surface area is 113 Å². The van der Waals surface area contributed by atoms with E-state index in [0.717, 1.165) is 30.6 Å². The number of carbonyl (C=O) groups excluding carboxylic acids is 1. The monoisotopic (exact) mass is 251 g/mol. The molecule has 0 bridgehead atoms. The SMILES string of the molecule is O=C1CCCc2cc(NCc3ccccc3)ccc21. The van der Waals surface area contributed by atoms with Gasteiger partial charge in [0, 0.05) is 24.2 Å². The van der Waals surface area contributed by atoms with Gasteiger partial charge in [0.15, 0.2) is 5.78 Å². The van der Waals surface area contributed by atoms with Crippen LogP contribution in [0, 0.1) is 0 Å². The highest BCUT2D eigenvalue weighted by molar-refractivity contribution is 5.98. The summed E-state index contributed by atoms with van der Waals surface area (Å²) in [5.41, 5.74) is 4.46. The minimum Gasteiger partial charge on any atom is -0.381 e. The van der Waals surface area contributed by atoms with Gasteiger partial charge in [0.2, 0.25) is 0 Å². The molecule has 2 aromatic rings. The van der Waals surface area contributed by atoms with Crippen molar-refractivity contribution in [2.24, 2.45) is 0 Å². The molecule has 2 heteroatoms. The molecule has 0 spiro atoms. The van der Waals surface area contributed by atoms with E-state index in [2.05, 4.69) is 23.5 Å². The lowest BCUT2D eigenvalue weighted by molar-refractivity contribution is 0.0972. The Morgan fingerprint density at radius 3 is 2.68 bits per heavy atom. The first-order chi connectivity index (χ1) is 9.33. The molecule has 2 aromatic carbocycles. The molecule has 19 heavy (non-hydrogen) atoms. The van der Waals surface area contributed by atoms with Crippen LogP contribution in [0.3, 0.4) is 0 Å². The van der Waals surface area contributed by atoms with Gasteiger partial charge in [-0.1, -0.05) is 30.3 Å². The quantitative estimate of drug-likeness (QED) is 0.898. The van der Waals surface area contributed by atoms with Gasteiger partial charge in [0.1, 0.15) is 0 Å². The van der Waals surface area contributed by atoms with Crippen molar-refractivity contribution in [3.8, 4) is 0 Å². The molecule has 3 rings (SSSR count). The van der Waals surface area contributed by atoms with E-state index in [9.17, 15) is 4.79 Å². The fourth-order valence-electron chi connectivity index (χ4n) is 2.56. The summed E-state index contributed by atoms with van der Waals surface area (Å²) < 4.78 is 0. The van der Waals surface area contributed by atoms with Crippen LogP contribution in [0.4, 0.5) is 5.69 Å². The summed E-state index contributed by atoms with van der Waals surface area (Å²) in [6.45, 7) is 0.813. The van der Waals surface area contributed by atoms with Crippen molar-refractivity contribution < 1.29 is 4.79 Å². The molecule has 0 radical (unpaired) electrons. The number of nitrogens with one attached hydrogen (secondary N) is 1. The van der Waals surface area contributed by atoms with Gasteiger partial charge in [-0.05, 0) is 42.2 Å². The summed E-state index contributed by atoms with van der Waals surface area (Å²) >= 11 is 0. The first-order valence-corrected chi connectivity index (χ1v) is 6.77. The first-order valence-electron chi connectivity index (χ1n) is 6.77. The molecule has 0 saturated carbocycles. The predicted molar refractivity (Wildman–Crippen MR) is 77.5 cm³/mol. The largest absolute Gasteiger partial charge is 0.381 e. The Balaban J connectivity index is 1.74. The van der Waals surface area contributed by atoms with E-state index < -0.39 is 0 Å². The standard InChI is InChI=1S/C17H17NO/c19-17-8-4-7-14-11-15(9-10-16(14)17)18-12-13-5-2-1-3-6-13/h1-3,5-6,9-11,18H,4,7-8,12H2. The van der Waals surface area contributed by atoms with Gasteiger partial charge in [0.25, 0.3) is 0 Å². The number of Topliss-reactive ketones (excluding diaryl/α,β-unsaturated/α-hetero) is 1. The Morgan fingerprint density at radius 2 is 1.84 bits per heavy atom. The molecule has 1 N–H and O–H groups in total. The first kappa shape index (κ1) is 12.0. The number of rotatable bonds is 3. The zero-order chi connectivity index (χ0) is 13.1. The molecule has 1 aliphatic carbocycles. The molecule has 0 fully saturated rings. The van der Waals surface area contributed by atoms with Crippen LogP contribution in [0.25, 0.3) is 0 Å². The Kier molecular flexibility index (Phi) is 3.32. The average Bonchev–Trinajstić information content (AvgIpc) is 2.46. The van der Waals surface area contributed by atoms with E-state index in [4.69, 9.17) is 0 Å². The number of ketones is 1. The number of fused-ring (bicyclic) bond motifs is 1. The van der Waals surface area contributed by atoms with E-state index >= 15 is 0 Å². The number of hydrogen-bond donors (Lipinski definition) is 1. The lowest BCUT2D eigenvalue weighted by atomic mass is 9.90. The van der Waals surface area contributed by atoms with Crippen molar-refractivity contribution in [3.05, 3.63) is 65.2 Å². The zero-order valence-electron chi connectivity index (χ0n) is 10.9. The van der Waals surface area contributed by atoms with Crippen LogP contribution in [-0.2, 0) is 13.0 Å². The van der Waals surface area contributed by atoms with E-state index in [1.54, 1.807) is 0 Å². The van der Waals surface area contributed by atoms with Gasteiger partial charge < -0.3 is 5.32 Å². The van der Waals surface area contributed by atoms with E-state index in [-0.39, 0.29) is 5.78 Å². The molecule has 0 amide bonds. The molecule has 0 saturated heterocycles. The average molecular weight is 251 g/mol. The Bertz CT molecular complexity index is 589. The van der Waals surface area contributed by atoms with Crippen LogP contribution in [0.5, 0.6) is 0 Å². The molecule has 96 valence electrons. The highest BCUT2D eigenvalue weighted by Crippen LogP contribution is 2.24. The lowest BCUT2D eigenvalue weighted by Gasteiger charge is -2.16. The molecule has 0 aliphatic heterocycles. The molecular weight excluding hydrogens is 234 g/mol. The van der Waals surface area contributed by atoms with Crippen LogP contribution >= 0.6 is 0 Å². The highest BCUT2D eigenvalue weighted by atomic mass is 16.1. The summed E-state index contributed by atoms with van der Waals surface area (Å²) in [5, 5.41) is 3.41. The van der Waals surface area contributed by atoms with Gasteiger partial charge in [-0.2, -0.15) is 0 Å². The summed E-state index contributed by atoms with van der Waals surface area (Å²) in [7, 11) is 0. The molecule has 1 aliphatic rings. The van der Waals surface area contributed by atoms with Gasteiger partial charge in [-0.25, -0.2) is 0 Å². The van der Waals surface area contributed by atoms with Crippen LogP contribution in [0.15, 0.2) is 48.5 Å². The smallest absolute Gasteiger partial charge is 0.163 e. The molecule has 0 heterocycles. The maximum atomic E-state index is 11.8. The van der Waals surface area contributed by atoms with Gasteiger partial charge in [0.05, 0.1) is 0 Å². The maximum absolute atomic E-state index is 11.8. The fourth-order valence-corrected chi connectivity index (χ4v) is 2.56. The Morgan fingerprint density at radius 1 is 1.00 bits per heavy atom. The Hall–Kier alpha value is -2.09. The van der Waals surface area contributed by atoms with Crippen molar-refractivity contribution in [2.75, 3.05) is 5.32 Å². The summed E-state index contributed by atoms with van der Waals surface area (Å²) in [6.07, 6.45) is 2.69. The molecule has 0 unspecified atom stereocenters. The van der Waals surface area contributed by atoms with Crippen LogP contribution in [0.1, 0.15) is 34.3 Å². The van der Waals surface area contributed by atoms with Crippen molar-refractivity contribution >= 4 is 11.5 Å². The van der Waals surface area contributed by atoms with E-state index in [1.165, 1.54) is 11.1 Å². The summed E-state index contributed by atoms with van der Waals surface area (Å²) in [5.74, 6) is 0.288. The highest BCUT2D eigenvalue weighted by Gasteiger charge is 2.16. The second kappa shape index (κ2) is 5.27. The minimum absolute atomic E-state index is 0.288. The fraction of sp³-hybridized carbons (Fsp3) is 0.235. The van der Waals surface area contributed by atoms with Crippen LogP contribution in [0.2, 0.25) is 0 Å². The summed E-state index contributed by atoms with van der Waals surface area (Å²) in [6, 6.07) is 16.4. The van der Waals surface area contributed by atoms with Gasteiger partial charge in [-0.15, -0.1) is 0 Å². The molecule has 0 aromatic heterocycles. The van der Waals surface area contributed by atoms with E-state index in [1.807, 2.05) is 30.3 Å². The number of benzene rings is 2. The third-order valence-corrected chi connectivity index (χ3v) is 3.60. The number of carbonyl (C=O) groups is 1. The van der Waals surface area contributed by atoms with Crippen molar-refractivity contribution in [1.82, 2.24) is 0 Å². The van der Waals surface area contributed by atoms with Crippen LogP contribution < -0.4 is 5.32 Å². The number of aryl methyl sites for hydroxylation is 1. The second-order valence-corrected chi connectivity index (χ2v) is 4.99. The molecule has 0 atom stereocenters. The third-order valence-electron chi connectivity index (χ3n) is 3.60. The van der Waals surface area contributed by atoms with E-state index in [0.29, 0.717) is 6.42 Å². The normalized spacial score (nSPS) is 14.0. The number of anilines is 1. The number of hydrogen-bond acceptors (Lipinski definition) is 2. The maximum Gasteiger partial charge on any atom is 0.163 e. The van der Waals surface area contributed by atoms with Crippen molar-refractivity contribution in [2.45, 2.75) is 25.8 Å². The van der Waals surface area contributed by atoms with Gasteiger partial charge >= 0.3 is 0 Å². The molecule has 2 nitrogen and oxygen atoms in total. The third kappa shape index (κ3) is 2.68. The lowest BCUT2D eigenvalue weighted by Crippen LogP contribution is -2.11. The topological polar surface area (TPSA) is 29.1 Å². The van der Waals surface area contributed by atoms with Crippen LogP contribution in [-0.4, -0.2) is 5.78 Å². The second-order valence-electron chi connectivity index (χ2n) is 4.99.